The number of nitrogens with one attached hydrogen (secondary N) is 2. The number of ether oxygens (including phenoxy) is 2. The molecule has 1 aromatic rings. The molecule has 0 aromatic heterocycles. The van der Waals surface area contributed by atoms with Crippen molar-refractivity contribution in [2.75, 3.05) is 56.3 Å². The minimum atomic E-state index is -3.28. The fourth-order valence-electron chi connectivity index (χ4n) is 3.94. The monoisotopic (exact) mass is 483 g/mol. The van der Waals surface area contributed by atoms with E-state index in [1.165, 1.54) is 5.69 Å². The zero-order chi connectivity index (χ0) is 24.3. The Kier molecular flexibility index (Phi) is 11.4. The Labute approximate surface area is 201 Å². The highest BCUT2D eigenvalue weighted by Crippen LogP contribution is 2.27. The van der Waals surface area contributed by atoms with E-state index in [-0.39, 0.29) is 6.04 Å². The lowest BCUT2D eigenvalue weighted by Gasteiger charge is -2.31. The fraction of sp³-hybridized carbons (Fsp3) is 0.760. The smallest absolute Gasteiger partial charge is 0.216 e. The Hall–Kier alpha value is -1.35. The van der Waals surface area contributed by atoms with Gasteiger partial charge in [0.25, 0.3) is 0 Å². The average molecular weight is 484 g/mol. The Morgan fingerprint density at radius 2 is 1.48 bits per heavy atom. The normalized spacial score (nSPS) is 19.4. The quantitative estimate of drug-likeness (QED) is 0.385. The second-order valence-electron chi connectivity index (χ2n) is 9.76. The molecule has 0 unspecified atom stereocenters. The van der Waals surface area contributed by atoms with Gasteiger partial charge in [0.2, 0.25) is 10.0 Å². The lowest BCUT2D eigenvalue weighted by atomic mass is 9.86. The van der Waals surface area contributed by atoms with Gasteiger partial charge in [-0.05, 0) is 90.5 Å². The van der Waals surface area contributed by atoms with Gasteiger partial charge < -0.3 is 19.7 Å². The molecular weight excluding hydrogens is 438 g/mol. The molecule has 1 aliphatic carbocycles. The van der Waals surface area contributed by atoms with E-state index in [0.717, 1.165) is 64.2 Å². The molecule has 1 fully saturated rings. The van der Waals surface area contributed by atoms with Crippen LogP contribution in [0.4, 0.5) is 11.4 Å². The van der Waals surface area contributed by atoms with Crippen LogP contribution in [-0.4, -0.2) is 65.3 Å². The minimum Gasteiger partial charge on any atom is -0.385 e. The van der Waals surface area contributed by atoms with Crippen molar-refractivity contribution in [1.29, 1.82) is 0 Å². The standard InChI is InChI=1S/C25H45N3O4S/c1-6-31-18-16-28(17-19-32-7-2)24-14-12-22(13-15-24)26-20-21-8-10-23(11-9-21)27-33(29,30)25(3,4)5/h12-15,21,23,26-27H,6-11,16-20H2,1-5H3/t21-,23-. The topological polar surface area (TPSA) is 79.9 Å². The van der Waals surface area contributed by atoms with Crippen molar-refractivity contribution in [3.8, 4) is 0 Å². The van der Waals surface area contributed by atoms with Gasteiger partial charge in [0, 0.05) is 50.3 Å². The third kappa shape index (κ3) is 9.43. The molecule has 0 aliphatic heterocycles. The SMILES string of the molecule is CCOCCN(CCOCC)c1ccc(NC[C@H]2CC[C@H](NS(=O)(=O)C(C)(C)C)CC2)cc1. The molecule has 0 radical (unpaired) electrons. The fourth-order valence-corrected chi connectivity index (χ4v) is 4.97. The number of hydrogen-bond acceptors (Lipinski definition) is 6. The number of benzene rings is 1. The average Bonchev–Trinajstić information content (AvgIpc) is 2.77. The summed E-state index contributed by atoms with van der Waals surface area (Å²) in [7, 11) is -3.28. The molecule has 0 spiro atoms. The molecule has 33 heavy (non-hydrogen) atoms. The van der Waals surface area contributed by atoms with E-state index >= 15 is 0 Å². The lowest BCUT2D eigenvalue weighted by molar-refractivity contribution is 0.141. The van der Waals surface area contributed by atoms with Gasteiger partial charge in [-0.15, -0.1) is 0 Å². The van der Waals surface area contributed by atoms with Crippen molar-refractivity contribution < 1.29 is 17.9 Å². The van der Waals surface area contributed by atoms with Crippen LogP contribution >= 0.6 is 0 Å². The van der Waals surface area contributed by atoms with Gasteiger partial charge in [0.1, 0.15) is 0 Å². The van der Waals surface area contributed by atoms with E-state index in [1.807, 2.05) is 13.8 Å². The summed E-state index contributed by atoms with van der Waals surface area (Å²) < 4.78 is 38.0. The first kappa shape index (κ1) is 27.9. The molecule has 0 atom stereocenters. The van der Waals surface area contributed by atoms with Gasteiger partial charge in [-0.3, -0.25) is 0 Å². The second kappa shape index (κ2) is 13.5. The summed E-state index contributed by atoms with van der Waals surface area (Å²) in [6, 6.07) is 8.63. The van der Waals surface area contributed by atoms with Crippen LogP contribution < -0.4 is 14.9 Å². The first-order chi connectivity index (χ1) is 15.7. The van der Waals surface area contributed by atoms with Crippen LogP contribution in [0.2, 0.25) is 0 Å². The van der Waals surface area contributed by atoms with Crippen LogP contribution in [0.1, 0.15) is 60.3 Å². The minimum absolute atomic E-state index is 0.0594. The van der Waals surface area contributed by atoms with E-state index in [1.54, 1.807) is 20.8 Å². The van der Waals surface area contributed by atoms with E-state index in [9.17, 15) is 8.42 Å². The number of nitrogens with zero attached hydrogens (tertiary/aromatic N) is 1. The number of anilines is 2. The summed E-state index contributed by atoms with van der Waals surface area (Å²) in [6.45, 7) is 14.7. The summed E-state index contributed by atoms with van der Waals surface area (Å²) in [4.78, 5) is 2.30. The van der Waals surface area contributed by atoms with Crippen LogP contribution in [0.25, 0.3) is 0 Å². The van der Waals surface area contributed by atoms with Gasteiger partial charge in [-0.1, -0.05) is 0 Å². The first-order valence-electron chi connectivity index (χ1n) is 12.4. The first-order valence-corrected chi connectivity index (χ1v) is 13.9. The maximum Gasteiger partial charge on any atom is 0.216 e. The molecule has 0 heterocycles. The zero-order valence-corrected chi connectivity index (χ0v) is 22.0. The Morgan fingerprint density at radius 1 is 0.939 bits per heavy atom. The summed E-state index contributed by atoms with van der Waals surface area (Å²) in [5.74, 6) is 0.564. The van der Waals surface area contributed by atoms with Crippen molar-refractivity contribution in [3.63, 3.8) is 0 Å². The number of hydrogen-bond donors (Lipinski definition) is 2. The molecule has 190 valence electrons. The third-order valence-corrected chi connectivity index (χ3v) is 8.48. The Bertz CT molecular complexity index is 760. The maximum absolute atomic E-state index is 12.4. The van der Waals surface area contributed by atoms with Crippen LogP contribution in [0.5, 0.6) is 0 Å². The van der Waals surface area contributed by atoms with Crippen molar-refractivity contribution in [1.82, 2.24) is 4.72 Å². The van der Waals surface area contributed by atoms with Gasteiger partial charge >= 0.3 is 0 Å². The van der Waals surface area contributed by atoms with E-state index < -0.39 is 14.8 Å². The Balaban J connectivity index is 1.80. The van der Waals surface area contributed by atoms with Crippen LogP contribution in [-0.2, 0) is 19.5 Å². The lowest BCUT2D eigenvalue weighted by Crippen LogP contribution is -2.46. The zero-order valence-electron chi connectivity index (χ0n) is 21.2. The van der Waals surface area contributed by atoms with Gasteiger partial charge in [-0.2, -0.15) is 0 Å². The van der Waals surface area contributed by atoms with Crippen LogP contribution in [0.15, 0.2) is 24.3 Å². The Morgan fingerprint density at radius 3 is 1.97 bits per heavy atom. The molecule has 2 N–H and O–H groups in total. The molecule has 0 saturated heterocycles. The summed E-state index contributed by atoms with van der Waals surface area (Å²) in [6.07, 6.45) is 3.86. The predicted octanol–water partition coefficient (Wildman–Crippen LogP) is 4.25. The van der Waals surface area contributed by atoms with Crippen LogP contribution in [0.3, 0.4) is 0 Å². The number of sulfonamides is 1. The molecule has 0 bridgehead atoms. The molecule has 1 aliphatic rings. The predicted molar refractivity (Wildman–Crippen MR) is 138 cm³/mol. The molecule has 0 amide bonds. The van der Waals surface area contributed by atoms with Crippen LogP contribution in [0, 0.1) is 5.92 Å². The highest BCUT2D eigenvalue weighted by Gasteiger charge is 2.32. The third-order valence-electron chi connectivity index (χ3n) is 6.22. The van der Waals surface area contributed by atoms with E-state index in [4.69, 9.17) is 9.47 Å². The van der Waals surface area contributed by atoms with Crippen molar-refractivity contribution in [2.24, 2.45) is 5.92 Å². The molecule has 7 nitrogen and oxygen atoms in total. The largest absolute Gasteiger partial charge is 0.385 e. The second-order valence-corrected chi connectivity index (χ2v) is 12.2. The highest BCUT2D eigenvalue weighted by molar-refractivity contribution is 7.90. The molecular formula is C25H45N3O4S. The van der Waals surface area contributed by atoms with Gasteiger partial charge in [-0.25, -0.2) is 13.1 Å². The molecule has 2 rings (SSSR count). The van der Waals surface area contributed by atoms with Crippen molar-refractivity contribution >= 4 is 21.4 Å². The molecule has 8 heteroatoms. The summed E-state index contributed by atoms with van der Waals surface area (Å²) in [5, 5.41) is 3.57. The molecule has 1 saturated carbocycles. The van der Waals surface area contributed by atoms with E-state index in [2.05, 4.69) is 39.2 Å². The number of rotatable bonds is 14. The summed E-state index contributed by atoms with van der Waals surface area (Å²) in [5.41, 5.74) is 2.29. The summed E-state index contributed by atoms with van der Waals surface area (Å²) >= 11 is 0. The van der Waals surface area contributed by atoms with Crippen molar-refractivity contribution in [2.45, 2.75) is 71.1 Å². The molecule has 1 aromatic carbocycles. The van der Waals surface area contributed by atoms with Gasteiger partial charge in [0.15, 0.2) is 0 Å². The highest BCUT2D eigenvalue weighted by atomic mass is 32.2. The van der Waals surface area contributed by atoms with Crippen molar-refractivity contribution in [3.05, 3.63) is 24.3 Å². The van der Waals surface area contributed by atoms with Gasteiger partial charge in [0.05, 0.1) is 18.0 Å². The van der Waals surface area contributed by atoms with E-state index in [0.29, 0.717) is 19.1 Å². The maximum atomic E-state index is 12.4.